The monoisotopic (exact) mass is 643 g/mol. The van der Waals surface area contributed by atoms with Gasteiger partial charge in [-0.3, -0.25) is 20.1 Å². The molecule has 1 saturated heterocycles. The van der Waals surface area contributed by atoms with Crippen LogP contribution in [0.1, 0.15) is 73.6 Å². The summed E-state index contributed by atoms with van der Waals surface area (Å²) in [6.45, 7) is 14.8. The molecule has 11 nitrogen and oxygen atoms in total. The molecule has 4 rings (SSSR count). The van der Waals surface area contributed by atoms with Gasteiger partial charge in [0.1, 0.15) is 17.1 Å². The number of hydrogen-bond acceptors (Lipinski definition) is 8. The van der Waals surface area contributed by atoms with E-state index in [1.54, 1.807) is 13.4 Å². The van der Waals surface area contributed by atoms with Crippen molar-refractivity contribution in [3.05, 3.63) is 52.3 Å². The highest BCUT2D eigenvalue weighted by Gasteiger charge is 2.43. The van der Waals surface area contributed by atoms with Gasteiger partial charge in [-0.15, -0.1) is 0 Å². The molecule has 2 heterocycles. The molecule has 0 aromatic carbocycles. The van der Waals surface area contributed by atoms with E-state index in [0.29, 0.717) is 17.1 Å². The third-order valence-corrected chi connectivity index (χ3v) is 7.64. The number of hydroxylamine groups is 1. The number of nitrogens with two attached hydrogens (primary N) is 1. The van der Waals surface area contributed by atoms with E-state index < -0.39 is 0 Å². The van der Waals surface area contributed by atoms with Crippen LogP contribution in [0.5, 0.6) is 5.88 Å². The van der Waals surface area contributed by atoms with Crippen molar-refractivity contribution in [1.29, 1.82) is 0 Å². The van der Waals surface area contributed by atoms with E-state index in [0.717, 1.165) is 68.0 Å². The molecule has 1 amide bonds. The lowest BCUT2D eigenvalue weighted by atomic mass is 9.87. The lowest BCUT2D eigenvalue weighted by Gasteiger charge is -2.23. The number of amidine groups is 1. The van der Waals surface area contributed by atoms with Crippen LogP contribution in [0.4, 0.5) is 5.69 Å². The lowest BCUT2D eigenvalue weighted by Crippen LogP contribution is -2.38. The normalized spacial score (nSPS) is 21.2. The standard InChI is InChI=1S/C30H44N6O3S.C2H6.CH3NO/c1-6-23(21-8-10-22(11-9-21)34-26-18-25(39-36-26)29(2,3)4)31-20-32-24-12-13-27(35-28(24)40)38-19-30(14-15-30)33-16-7-17-37-5;1-2;2-1-3/h6,8-10,12-13,20,22,25,33H,7,11,14-19H2,1-5H3,(H,31,32)(H,34,36)(H,35,40);1-2H3;1H,(H2,2,3)/b23-6-;;. The molecular formula is C33H53N7O4S. The van der Waals surface area contributed by atoms with Gasteiger partial charge in [-0.25, -0.2) is 4.99 Å². The summed E-state index contributed by atoms with van der Waals surface area (Å²) in [5.74, 6) is 1.57. The van der Waals surface area contributed by atoms with E-state index in [2.05, 4.69) is 70.8 Å². The van der Waals surface area contributed by atoms with Crippen LogP contribution in [0, 0.1) is 10.1 Å². The summed E-state index contributed by atoms with van der Waals surface area (Å²) < 4.78 is 11.7. The minimum atomic E-state index is 0.0714. The van der Waals surface area contributed by atoms with E-state index in [4.69, 9.17) is 36.3 Å². The average molecular weight is 644 g/mol. The van der Waals surface area contributed by atoms with E-state index in [1.165, 1.54) is 0 Å². The molecule has 0 bridgehead atoms. The number of ether oxygens (including phenoxy) is 2. The Hall–Kier alpha value is -3.32. The number of amides is 1. The number of aromatic amines is 1. The first-order chi connectivity index (χ1) is 21.6. The van der Waals surface area contributed by atoms with Crippen molar-refractivity contribution in [2.75, 3.05) is 32.2 Å². The van der Waals surface area contributed by atoms with Crippen molar-refractivity contribution in [1.82, 2.24) is 15.8 Å². The summed E-state index contributed by atoms with van der Waals surface area (Å²) >= 11 is 5.54. The van der Waals surface area contributed by atoms with Crippen molar-refractivity contribution < 1.29 is 19.1 Å². The van der Waals surface area contributed by atoms with Crippen molar-refractivity contribution in [2.45, 2.75) is 91.3 Å². The molecule has 6 N–H and O–H groups in total. The number of rotatable bonds is 13. The number of primary amides is 1. The average Bonchev–Trinajstić information content (AvgIpc) is 3.64. The summed E-state index contributed by atoms with van der Waals surface area (Å²) in [5, 5.41) is 6.79. The number of allylic oxidation sites excluding steroid dienone is 2. The van der Waals surface area contributed by atoms with Crippen LogP contribution in [0.15, 0.2) is 57.7 Å². The third kappa shape index (κ3) is 12.9. The smallest absolute Gasteiger partial charge is 0.204 e. The number of carbonyl (C=O) groups is 1. The van der Waals surface area contributed by atoms with E-state index in [-0.39, 0.29) is 29.5 Å². The van der Waals surface area contributed by atoms with Crippen LogP contribution in [-0.2, 0) is 14.4 Å². The van der Waals surface area contributed by atoms with Gasteiger partial charge in [0, 0.05) is 26.2 Å². The van der Waals surface area contributed by atoms with E-state index in [9.17, 15) is 0 Å². The van der Waals surface area contributed by atoms with Crippen LogP contribution in [0.2, 0.25) is 0 Å². The molecule has 2 fully saturated rings. The number of aliphatic imine (C=N–C) groups is 2. The number of nitrogens with one attached hydrogen (secondary N) is 4. The topological polar surface area (TPSA) is 147 Å². The van der Waals surface area contributed by atoms with Gasteiger partial charge in [0.05, 0.1) is 35.4 Å². The molecule has 1 saturated carbocycles. The summed E-state index contributed by atoms with van der Waals surface area (Å²) in [6.07, 6.45) is 15.3. The molecule has 0 spiro atoms. The summed E-state index contributed by atoms with van der Waals surface area (Å²) in [4.78, 5) is 26.9. The highest BCUT2D eigenvalue weighted by Crippen LogP contribution is 2.35. The molecule has 1 aromatic rings. The fourth-order valence-corrected chi connectivity index (χ4v) is 4.73. The molecule has 1 aromatic heterocycles. The number of nitrogens with zero attached hydrogens (tertiary/aromatic N) is 2. The predicted molar refractivity (Wildman–Crippen MR) is 186 cm³/mol. The molecular weight excluding hydrogens is 590 g/mol. The zero-order valence-corrected chi connectivity index (χ0v) is 28.8. The zero-order valence-electron chi connectivity index (χ0n) is 27.9. The Morgan fingerprint density at radius 3 is 2.58 bits per heavy atom. The molecule has 250 valence electrons. The second-order valence-electron chi connectivity index (χ2n) is 11.8. The van der Waals surface area contributed by atoms with Gasteiger partial charge in [0.25, 0.3) is 0 Å². The van der Waals surface area contributed by atoms with Crippen molar-refractivity contribution in [2.24, 2.45) is 21.1 Å². The van der Waals surface area contributed by atoms with Crippen LogP contribution >= 0.6 is 12.2 Å². The number of H-pyrrole nitrogens is 1. The fourth-order valence-electron chi connectivity index (χ4n) is 4.50. The first-order valence-electron chi connectivity index (χ1n) is 15.7. The minimum Gasteiger partial charge on any atom is -0.477 e. The Kier molecular flexibility index (Phi) is 16.2. The van der Waals surface area contributed by atoms with Gasteiger partial charge < -0.3 is 30.8 Å². The van der Waals surface area contributed by atoms with Gasteiger partial charge in [0.15, 0.2) is 5.88 Å². The highest BCUT2D eigenvalue weighted by atomic mass is 32.1. The highest BCUT2D eigenvalue weighted by molar-refractivity contribution is 7.71. The molecule has 12 heteroatoms. The number of carbonyl (C=O) groups excluding carboxylic acids is 1. The maximum absolute atomic E-state index is 8.58. The maximum atomic E-state index is 8.58. The van der Waals surface area contributed by atoms with E-state index in [1.807, 2.05) is 39.0 Å². The Morgan fingerprint density at radius 1 is 1.29 bits per heavy atom. The molecule has 3 aliphatic rings. The van der Waals surface area contributed by atoms with E-state index >= 15 is 0 Å². The number of hydrogen-bond donors (Lipinski definition) is 5. The van der Waals surface area contributed by atoms with Crippen LogP contribution in [-0.4, -0.2) is 68.1 Å². The minimum absolute atomic E-state index is 0.0714. The Balaban J connectivity index is 0.00000133. The third-order valence-electron chi connectivity index (χ3n) is 7.32. The molecule has 2 aliphatic carbocycles. The molecule has 1 aliphatic heterocycles. The van der Waals surface area contributed by atoms with Crippen molar-refractivity contribution in [3.8, 4) is 5.88 Å². The Bertz CT molecular complexity index is 1280. The maximum Gasteiger partial charge on any atom is 0.204 e. The van der Waals surface area contributed by atoms with Gasteiger partial charge in [-0.2, -0.15) is 0 Å². The van der Waals surface area contributed by atoms with Crippen LogP contribution in [0.25, 0.3) is 0 Å². The first-order valence-corrected chi connectivity index (χ1v) is 16.1. The fraction of sp³-hybridized carbons (Fsp3) is 0.576. The van der Waals surface area contributed by atoms with Gasteiger partial charge in [-0.05, 0) is 56.2 Å². The summed E-state index contributed by atoms with van der Waals surface area (Å²) in [6, 6.07) is 3.90. The molecule has 45 heavy (non-hydrogen) atoms. The van der Waals surface area contributed by atoms with Gasteiger partial charge >= 0.3 is 0 Å². The number of anilines is 1. The first kappa shape index (κ1) is 37.9. The number of pyridine rings is 1. The largest absolute Gasteiger partial charge is 0.477 e. The second kappa shape index (κ2) is 19.3. The van der Waals surface area contributed by atoms with Crippen LogP contribution < -0.4 is 26.6 Å². The second-order valence-corrected chi connectivity index (χ2v) is 12.2. The number of methoxy groups -OCH3 is 1. The molecule has 2 atom stereocenters. The predicted octanol–water partition coefficient (Wildman–Crippen LogP) is 5.75. The Labute approximate surface area is 273 Å². The van der Waals surface area contributed by atoms with Gasteiger partial charge in [0.2, 0.25) is 6.41 Å². The molecule has 0 radical (unpaired) electrons. The quantitative estimate of drug-likeness (QED) is 0.0601. The Morgan fingerprint density at radius 2 is 2.02 bits per heavy atom. The lowest BCUT2D eigenvalue weighted by molar-refractivity contribution is -0.106. The van der Waals surface area contributed by atoms with Gasteiger partial charge in [-0.1, -0.05) is 71.1 Å². The number of aromatic nitrogens is 1. The van der Waals surface area contributed by atoms with Crippen LogP contribution in [0.3, 0.4) is 0 Å². The molecule has 2 unspecified atom stereocenters. The van der Waals surface area contributed by atoms with Crippen molar-refractivity contribution >= 4 is 36.5 Å². The summed E-state index contributed by atoms with van der Waals surface area (Å²) in [5.41, 5.74) is 10.0. The SMILES string of the molecule is C/C=C(\N=CNc1ccc(OCC2(NCCCOC)CC2)[nH]c1=S)C1=CCC(N=C2CC(C(C)(C)C)ON2)C=C1.CC.NC=O. The van der Waals surface area contributed by atoms with Crippen molar-refractivity contribution in [3.63, 3.8) is 0 Å². The summed E-state index contributed by atoms with van der Waals surface area (Å²) in [7, 11) is 1.73. The zero-order chi connectivity index (χ0) is 33.3.